The molecule has 3 aromatic rings. The van der Waals surface area contributed by atoms with Gasteiger partial charge in [-0.25, -0.2) is 8.78 Å². The third kappa shape index (κ3) is 3.38. The molecule has 0 spiro atoms. The number of benzene rings is 1. The van der Waals surface area contributed by atoms with Crippen LogP contribution < -0.4 is 5.11 Å². The second-order valence-electron chi connectivity index (χ2n) is 6.64. The van der Waals surface area contributed by atoms with Gasteiger partial charge in [-0.05, 0) is 36.6 Å². The first-order valence-electron chi connectivity index (χ1n) is 8.94. The van der Waals surface area contributed by atoms with Crippen LogP contribution in [0.25, 0.3) is 22.0 Å². The fourth-order valence-electron chi connectivity index (χ4n) is 3.54. The second kappa shape index (κ2) is 7.69. The van der Waals surface area contributed by atoms with Gasteiger partial charge >= 0.3 is 0 Å². The van der Waals surface area contributed by atoms with Gasteiger partial charge in [0, 0.05) is 40.5 Å². The SMILES string of the molecule is O=[N+](C[O-])c1cc2cnn(C3CCOCC3)c2cc1-c1ccnc(C(F)F)c1. The summed E-state index contributed by atoms with van der Waals surface area (Å²) in [7, 11) is 0. The Kier molecular flexibility index (Phi) is 5.10. The van der Waals surface area contributed by atoms with E-state index in [1.54, 1.807) is 24.4 Å². The van der Waals surface area contributed by atoms with Gasteiger partial charge in [-0.2, -0.15) is 5.10 Å². The van der Waals surface area contributed by atoms with E-state index in [2.05, 4.69) is 10.1 Å². The molecule has 0 unspecified atom stereocenters. The molecule has 1 fully saturated rings. The monoisotopic (exact) mass is 388 g/mol. The molecule has 2 aromatic heterocycles. The zero-order valence-electron chi connectivity index (χ0n) is 14.9. The van der Waals surface area contributed by atoms with Gasteiger partial charge in [-0.1, -0.05) is 0 Å². The Balaban J connectivity index is 1.89. The number of halogens is 2. The Morgan fingerprint density at radius 3 is 2.79 bits per heavy atom. The predicted molar refractivity (Wildman–Crippen MR) is 95.2 cm³/mol. The van der Waals surface area contributed by atoms with Gasteiger partial charge in [0.05, 0.1) is 23.3 Å². The Bertz CT molecular complexity index is 1020. The van der Waals surface area contributed by atoms with Gasteiger partial charge in [-0.3, -0.25) is 9.67 Å². The molecular weight excluding hydrogens is 370 g/mol. The van der Waals surface area contributed by atoms with E-state index in [9.17, 15) is 18.8 Å². The van der Waals surface area contributed by atoms with E-state index in [1.165, 1.54) is 12.3 Å². The molecule has 3 heterocycles. The van der Waals surface area contributed by atoms with Crippen LogP contribution in [0, 0.1) is 4.91 Å². The molecule has 0 amide bonds. The summed E-state index contributed by atoms with van der Waals surface area (Å²) in [4.78, 5) is 15.8. The molecule has 1 aliphatic rings. The van der Waals surface area contributed by atoms with E-state index in [4.69, 9.17) is 4.74 Å². The van der Waals surface area contributed by atoms with Gasteiger partial charge in [-0.15, -0.1) is 0 Å². The summed E-state index contributed by atoms with van der Waals surface area (Å²) in [6, 6.07) is 6.26. The Morgan fingerprint density at radius 1 is 1.29 bits per heavy atom. The lowest BCUT2D eigenvalue weighted by Gasteiger charge is -2.23. The highest BCUT2D eigenvalue weighted by atomic mass is 19.3. The number of nitroso groups, excluding NO2 is 1. The van der Waals surface area contributed by atoms with E-state index in [0.717, 1.165) is 18.4 Å². The quantitative estimate of drug-likeness (QED) is 0.495. The number of alkyl halides is 2. The van der Waals surface area contributed by atoms with Crippen LogP contribution in [-0.2, 0) is 4.74 Å². The van der Waals surface area contributed by atoms with Crippen molar-refractivity contribution in [1.29, 1.82) is 0 Å². The number of hydrogen-bond acceptors (Lipinski definition) is 5. The first kappa shape index (κ1) is 18.6. The highest BCUT2D eigenvalue weighted by Crippen LogP contribution is 2.36. The molecule has 4 rings (SSSR count). The Labute approximate surface area is 159 Å². The lowest BCUT2D eigenvalue weighted by molar-refractivity contribution is -0.639. The zero-order valence-corrected chi connectivity index (χ0v) is 14.9. The van der Waals surface area contributed by atoms with Crippen molar-refractivity contribution in [2.45, 2.75) is 25.3 Å². The van der Waals surface area contributed by atoms with Crippen molar-refractivity contribution >= 4 is 16.6 Å². The minimum absolute atomic E-state index is 0.125. The molecule has 0 bridgehead atoms. The van der Waals surface area contributed by atoms with Crippen molar-refractivity contribution in [2.24, 2.45) is 0 Å². The van der Waals surface area contributed by atoms with Crippen molar-refractivity contribution in [1.82, 2.24) is 14.8 Å². The summed E-state index contributed by atoms with van der Waals surface area (Å²) in [5, 5.41) is 16.4. The maximum Gasteiger partial charge on any atom is 0.280 e. The highest BCUT2D eigenvalue weighted by molar-refractivity contribution is 5.90. The zero-order chi connectivity index (χ0) is 19.7. The van der Waals surface area contributed by atoms with Crippen LogP contribution in [-0.4, -0.2) is 39.5 Å². The Hall–Kier alpha value is -2.78. The van der Waals surface area contributed by atoms with Crippen LogP contribution in [0.2, 0.25) is 0 Å². The molecule has 1 saturated heterocycles. The number of aromatic nitrogens is 3. The third-order valence-electron chi connectivity index (χ3n) is 4.95. The maximum absolute atomic E-state index is 13.1. The molecule has 1 aliphatic heterocycles. The molecule has 146 valence electrons. The summed E-state index contributed by atoms with van der Waals surface area (Å²) in [6.07, 6.45) is 1.81. The van der Waals surface area contributed by atoms with Crippen molar-refractivity contribution in [3.8, 4) is 11.1 Å². The molecule has 0 N–H and O–H groups in total. The van der Waals surface area contributed by atoms with E-state index in [1.807, 2.05) is 4.68 Å². The average Bonchev–Trinajstić information content (AvgIpc) is 3.16. The van der Waals surface area contributed by atoms with Crippen molar-refractivity contribution in [2.75, 3.05) is 19.9 Å². The smallest absolute Gasteiger partial charge is 0.280 e. The van der Waals surface area contributed by atoms with Crippen LogP contribution in [0.4, 0.5) is 14.5 Å². The number of hydrogen-bond donors (Lipinski definition) is 0. The molecular formula is C19H18F2N4O3. The van der Waals surface area contributed by atoms with E-state index in [0.29, 0.717) is 34.5 Å². The molecule has 0 radical (unpaired) electrons. The van der Waals surface area contributed by atoms with Gasteiger partial charge in [0.1, 0.15) is 12.4 Å². The van der Waals surface area contributed by atoms with Crippen molar-refractivity contribution in [3.63, 3.8) is 0 Å². The summed E-state index contributed by atoms with van der Waals surface area (Å²) >= 11 is 0. The highest BCUT2D eigenvalue weighted by Gasteiger charge is 2.24. The topological polar surface area (TPSA) is 83.1 Å². The molecule has 7 nitrogen and oxygen atoms in total. The standard InChI is InChI=1S/C19H18F2N4O3/c20-19(21)16-7-12(1-4-22-16)15-9-17-13(8-18(15)24(27)11-26)10-23-25(17)14-2-5-28-6-3-14/h1,4,7-10,14,19H,2-3,5-6,11H2. The first-order valence-corrected chi connectivity index (χ1v) is 8.94. The lowest BCUT2D eigenvalue weighted by Crippen LogP contribution is -2.20. The largest absolute Gasteiger partial charge is 0.797 e. The first-order chi connectivity index (χ1) is 13.6. The molecule has 0 saturated carbocycles. The number of rotatable bonds is 5. The molecule has 9 heteroatoms. The van der Waals surface area contributed by atoms with Crippen molar-refractivity contribution < 1.29 is 23.4 Å². The van der Waals surface area contributed by atoms with Gasteiger partial charge in [0.2, 0.25) is 0 Å². The number of fused-ring (bicyclic) bond motifs is 1. The molecule has 28 heavy (non-hydrogen) atoms. The van der Waals surface area contributed by atoms with Crippen LogP contribution in [0.5, 0.6) is 0 Å². The molecule has 0 aliphatic carbocycles. The van der Waals surface area contributed by atoms with Crippen LogP contribution in [0.15, 0.2) is 36.7 Å². The van der Waals surface area contributed by atoms with Crippen LogP contribution in [0.1, 0.15) is 31.0 Å². The van der Waals surface area contributed by atoms with Gasteiger partial charge in [0.15, 0.2) is 0 Å². The Morgan fingerprint density at radius 2 is 2.07 bits per heavy atom. The molecule has 1 aromatic carbocycles. The summed E-state index contributed by atoms with van der Waals surface area (Å²) in [6.45, 7) is 0.284. The maximum atomic E-state index is 13.1. The average molecular weight is 388 g/mol. The predicted octanol–water partition coefficient (Wildman–Crippen LogP) is 3.12. The van der Waals surface area contributed by atoms with Crippen LogP contribution in [0.3, 0.4) is 0 Å². The van der Waals surface area contributed by atoms with Crippen LogP contribution >= 0.6 is 0 Å². The third-order valence-corrected chi connectivity index (χ3v) is 4.95. The summed E-state index contributed by atoms with van der Waals surface area (Å²) in [5.41, 5.74) is 1.31. The minimum Gasteiger partial charge on any atom is -0.797 e. The van der Waals surface area contributed by atoms with Crippen molar-refractivity contribution in [3.05, 3.63) is 47.3 Å². The van der Waals surface area contributed by atoms with E-state index >= 15 is 0 Å². The van der Waals surface area contributed by atoms with E-state index < -0.39 is 13.2 Å². The number of pyridine rings is 1. The number of ether oxygens (including phenoxy) is 1. The number of nitrogens with zero attached hydrogens (tertiary/aromatic N) is 4. The van der Waals surface area contributed by atoms with E-state index in [-0.39, 0.29) is 17.4 Å². The van der Waals surface area contributed by atoms with Gasteiger partial charge < -0.3 is 9.84 Å². The summed E-state index contributed by atoms with van der Waals surface area (Å²) in [5.74, 6) is 0. The fourth-order valence-corrected chi connectivity index (χ4v) is 3.54. The fraction of sp³-hybridized carbons (Fsp3) is 0.368. The summed E-state index contributed by atoms with van der Waals surface area (Å²) < 4.78 is 33.8. The second-order valence-corrected chi connectivity index (χ2v) is 6.64. The minimum atomic E-state index is -2.73. The van der Waals surface area contributed by atoms with Gasteiger partial charge in [0.25, 0.3) is 12.1 Å². The lowest BCUT2D eigenvalue weighted by atomic mass is 10.0. The normalized spacial score (nSPS) is 15.4. The molecule has 0 atom stereocenters.